The highest BCUT2D eigenvalue weighted by atomic mass is 16.7. The summed E-state index contributed by atoms with van der Waals surface area (Å²) in [5.41, 5.74) is 1.50. The van der Waals surface area contributed by atoms with Gasteiger partial charge in [0.15, 0.2) is 23.0 Å². The second-order valence-electron chi connectivity index (χ2n) is 6.82. The van der Waals surface area contributed by atoms with Crippen LogP contribution in [-0.4, -0.2) is 36.3 Å². The van der Waals surface area contributed by atoms with Gasteiger partial charge in [0.2, 0.25) is 25.4 Å². The third-order valence-corrected chi connectivity index (χ3v) is 5.06. The molecule has 2 amide bonds. The first-order valence-corrected chi connectivity index (χ1v) is 9.06. The molecule has 2 aromatic rings. The number of rotatable bonds is 4. The third-order valence-electron chi connectivity index (χ3n) is 5.06. The molecule has 0 bridgehead atoms. The zero-order valence-electron chi connectivity index (χ0n) is 15.0. The zero-order chi connectivity index (χ0) is 19.1. The molecular weight excluding hydrogens is 364 g/mol. The van der Waals surface area contributed by atoms with Crippen LogP contribution in [0.3, 0.4) is 0 Å². The van der Waals surface area contributed by atoms with Crippen molar-refractivity contribution in [2.24, 2.45) is 0 Å². The third kappa shape index (κ3) is 2.96. The molecule has 1 saturated heterocycles. The number of carbonyl (C=O) groups is 2. The predicted octanol–water partition coefficient (Wildman–Crippen LogP) is 2.27. The molecule has 3 aliphatic rings. The zero-order valence-corrected chi connectivity index (χ0v) is 15.0. The van der Waals surface area contributed by atoms with Gasteiger partial charge in [-0.15, -0.1) is 0 Å². The minimum atomic E-state index is -0.525. The molecule has 1 fully saturated rings. The molecule has 8 heteroatoms. The molecule has 2 aromatic carbocycles. The van der Waals surface area contributed by atoms with E-state index < -0.39 is 6.04 Å². The number of ether oxygens (including phenoxy) is 4. The van der Waals surface area contributed by atoms with E-state index >= 15 is 0 Å². The van der Waals surface area contributed by atoms with E-state index in [2.05, 4.69) is 5.32 Å². The van der Waals surface area contributed by atoms with Gasteiger partial charge in [0, 0.05) is 24.7 Å². The minimum absolute atomic E-state index is 0.0384. The number of nitrogens with one attached hydrogen (secondary N) is 1. The van der Waals surface area contributed by atoms with E-state index in [1.54, 1.807) is 23.1 Å². The normalized spacial score (nSPS) is 19.2. The number of hydrogen-bond donors (Lipinski definition) is 1. The fourth-order valence-electron chi connectivity index (χ4n) is 3.64. The molecule has 3 aliphatic heterocycles. The maximum atomic E-state index is 12.8. The smallest absolute Gasteiger partial charge is 0.247 e. The lowest BCUT2D eigenvalue weighted by atomic mass is 10.1. The van der Waals surface area contributed by atoms with Gasteiger partial charge >= 0.3 is 0 Å². The second kappa shape index (κ2) is 6.63. The number of nitrogens with zero attached hydrogens (tertiary/aromatic N) is 1. The molecule has 1 unspecified atom stereocenters. The summed E-state index contributed by atoms with van der Waals surface area (Å²) in [5.74, 6) is 2.34. The second-order valence-corrected chi connectivity index (χ2v) is 6.82. The van der Waals surface area contributed by atoms with Crippen LogP contribution >= 0.6 is 0 Å². The van der Waals surface area contributed by atoms with Crippen LogP contribution in [0.1, 0.15) is 18.4 Å². The number of hydrogen-bond acceptors (Lipinski definition) is 6. The van der Waals surface area contributed by atoms with Crippen molar-refractivity contribution in [3.05, 3.63) is 42.0 Å². The average molecular weight is 382 g/mol. The standard InChI is InChI=1S/C20H18N2O6/c23-19-6-3-14(20(24)21-13-2-5-16-18(8-13)28-11-26-16)22(19)9-12-1-4-15-17(7-12)27-10-25-15/h1-2,4-5,7-8,14H,3,6,9-11H2,(H,21,24). The monoisotopic (exact) mass is 382 g/mol. The molecular formula is C20H18N2O6. The summed E-state index contributed by atoms with van der Waals surface area (Å²) < 4.78 is 21.3. The molecule has 8 nitrogen and oxygen atoms in total. The Labute approximate surface area is 160 Å². The number of fused-ring (bicyclic) bond motifs is 2. The summed E-state index contributed by atoms with van der Waals surface area (Å²) in [6, 6.07) is 10.3. The van der Waals surface area contributed by atoms with Crippen molar-refractivity contribution < 1.29 is 28.5 Å². The Bertz CT molecular complexity index is 960. The van der Waals surface area contributed by atoms with Gasteiger partial charge in [0.25, 0.3) is 0 Å². The summed E-state index contributed by atoms with van der Waals surface area (Å²) in [6.45, 7) is 0.712. The average Bonchev–Trinajstić information content (AvgIpc) is 3.41. The summed E-state index contributed by atoms with van der Waals surface area (Å²) in [4.78, 5) is 26.8. The number of amides is 2. The number of anilines is 1. The van der Waals surface area contributed by atoms with Gasteiger partial charge in [-0.25, -0.2) is 0 Å². The Balaban J connectivity index is 1.31. The molecule has 28 heavy (non-hydrogen) atoms. The van der Waals surface area contributed by atoms with E-state index in [0.29, 0.717) is 48.1 Å². The van der Waals surface area contributed by atoms with Crippen LogP contribution in [0, 0.1) is 0 Å². The van der Waals surface area contributed by atoms with Gasteiger partial charge in [-0.2, -0.15) is 0 Å². The van der Waals surface area contributed by atoms with Crippen LogP contribution in [0.15, 0.2) is 36.4 Å². The number of benzene rings is 2. The van der Waals surface area contributed by atoms with Crippen LogP contribution in [0.5, 0.6) is 23.0 Å². The molecule has 0 aromatic heterocycles. The van der Waals surface area contributed by atoms with Crippen molar-refractivity contribution in [1.82, 2.24) is 4.90 Å². The molecule has 144 valence electrons. The number of likely N-dealkylation sites (tertiary alicyclic amines) is 1. The number of carbonyl (C=O) groups excluding carboxylic acids is 2. The molecule has 0 aliphatic carbocycles. The van der Waals surface area contributed by atoms with Crippen molar-refractivity contribution in [2.75, 3.05) is 18.9 Å². The van der Waals surface area contributed by atoms with Crippen molar-refractivity contribution >= 4 is 17.5 Å². The molecule has 0 spiro atoms. The Morgan fingerprint density at radius 3 is 2.43 bits per heavy atom. The van der Waals surface area contributed by atoms with Crippen LogP contribution in [-0.2, 0) is 16.1 Å². The Kier molecular flexibility index (Phi) is 3.96. The SMILES string of the molecule is O=C(Nc1ccc2c(c1)OCO2)C1CCC(=O)N1Cc1ccc2c(c1)OCO2. The molecule has 0 saturated carbocycles. The highest BCUT2D eigenvalue weighted by Gasteiger charge is 2.36. The lowest BCUT2D eigenvalue weighted by Crippen LogP contribution is -2.41. The molecule has 5 rings (SSSR count). The molecule has 0 radical (unpaired) electrons. The fraction of sp³-hybridized carbons (Fsp3) is 0.300. The first-order chi connectivity index (χ1) is 13.7. The van der Waals surface area contributed by atoms with E-state index in [1.165, 1.54) is 0 Å². The summed E-state index contributed by atoms with van der Waals surface area (Å²) in [5, 5.41) is 2.88. The van der Waals surface area contributed by atoms with Gasteiger partial charge in [0.05, 0.1) is 0 Å². The Hall–Kier alpha value is -3.42. The fourth-order valence-corrected chi connectivity index (χ4v) is 3.64. The Morgan fingerprint density at radius 2 is 1.64 bits per heavy atom. The van der Waals surface area contributed by atoms with Gasteiger partial charge in [-0.05, 0) is 36.2 Å². The van der Waals surface area contributed by atoms with Crippen molar-refractivity contribution in [1.29, 1.82) is 0 Å². The predicted molar refractivity (Wildman–Crippen MR) is 97.3 cm³/mol. The van der Waals surface area contributed by atoms with Crippen LogP contribution in [0.25, 0.3) is 0 Å². The van der Waals surface area contributed by atoms with E-state index in [4.69, 9.17) is 18.9 Å². The Morgan fingerprint density at radius 1 is 0.964 bits per heavy atom. The van der Waals surface area contributed by atoms with Crippen molar-refractivity contribution in [2.45, 2.75) is 25.4 Å². The van der Waals surface area contributed by atoms with E-state index in [9.17, 15) is 9.59 Å². The minimum Gasteiger partial charge on any atom is -0.454 e. The molecule has 1 atom stereocenters. The van der Waals surface area contributed by atoms with E-state index in [1.807, 2.05) is 18.2 Å². The lowest BCUT2D eigenvalue weighted by Gasteiger charge is -2.24. The lowest BCUT2D eigenvalue weighted by molar-refractivity contribution is -0.133. The molecule has 3 heterocycles. The van der Waals surface area contributed by atoms with Crippen LogP contribution in [0.2, 0.25) is 0 Å². The van der Waals surface area contributed by atoms with Crippen LogP contribution < -0.4 is 24.3 Å². The topological polar surface area (TPSA) is 86.3 Å². The summed E-state index contributed by atoms with van der Waals surface area (Å²) in [6.07, 6.45) is 0.837. The quantitative estimate of drug-likeness (QED) is 0.873. The summed E-state index contributed by atoms with van der Waals surface area (Å²) in [7, 11) is 0. The van der Waals surface area contributed by atoms with Gasteiger partial charge in [-0.1, -0.05) is 6.07 Å². The van der Waals surface area contributed by atoms with Crippen molar-refractivity contribution in [3.8, 4) is 23.0 Å². The van der Waals surface area contributed by atoms with E-state index in [0.717, 1.165) is 5.56 Å². The van der Waals surface area contributed by atoms with Gasteiger partial charge in [-0.3, -0.25) is 9.59 Å². The molecule has 1 N–H and O–H groups in total. The van der Waals surface area contributed by atoms with Gasteiger partial charge < -0.3 is 29.2 Å². The first-order valence-electron chi connectivity index (χ1n) is 9.06. The maximum absolute atomic E-state index is 12.8. The maximum Gasteiger partial charge on any atom is 0.247 e. The van der Waals surface area contributed by atoms with Gasteiger partial charge in [0.1, 0.15) is 6.04 Å². The van der Waals surface area contributed by atoms with Crippen molar-refractivity contribution in [3.63, 3.8) is 0 Å². The highest BCUT2D eigenvalue weighted by molar-refractivity contribution is 5.99. The van der Waals surface area contributed by atoms with E-state index in [-0.39, 0.29) is 25.4 Å². The van der Waals surface area contributed by atoms with Crippen LogP contribution in [0.4, 0.5) is 5.69 Å². The highest BCUT2D eigenvalue weighted by Crippen LogP contribution is 2.35. The first kappa shape index (κ1) is 16.7. The summed E-state index contributed by atoms with van der Waals surface area (Å²) >= 11 is 0. The largest absolute Gasteiger partial charge is 0.454 e.